The van der Waals surface area contributed by atoms with Gasteiger partial charge in [0.2, 0.25) is 5.91 Å². The predicted molar refractivity (Wildman–Crippen MR) is 63.3 cm³/mol. The molecule has 1 saturated heterocycles. The second-order valence-corrected chi connectivity index (χ2v) is 5.80. The zero-order chi connectivity index (χ0) is 13.3. The van der Waals surface area contributed by atoms with Crippen LogP contribution in [-0.2, 0) is 21.4 Å². The third kappa shape index (κ3) is 2.87. The highest BCUT2D eigenvalue weighted by Gasteiger charge is 2.34. The maximum atomic E-state index is 12.6. The van der Waals surface area contributed by atoms with Crippen molar-refractivity contribution in [2.24, 2.45) is 5.92 Å². The molecule has 0 saturated carbocycles. The Morgan fingerprint density at radius 2 is 2.33 bits per heavy atom. The number of carbonyl (C=O) groups excluding carboxylic acids is 1. The Kier molecular flexibility index (Phi) is 3.38. The Labute approximate surface area is 104 Å². The number of rotatable bonds is 4. The van der Waals surface area contributed by atoms with E-state index < -0.39 is 21.9 Å². The van der Waals surface area contributed by atoms with Crippen molar-refractivity contribution in [3.8, 4) is 0 Å². The number of aromatic nitrogens is 2. The van der Waals surface area contributed by atoms with Gasteiger partial charge in [-0.15, -0.1) is 3.89 Å². The van der Waals surface area contributed by atoms with Gasteiger partial charge in [0, 0.05) is 30.6 Å². The molecular formula is C10H14FN3O3S. The number of nitrogens with one attached hydrogen (secondary N) is 1. The fraction of sp³-hybridized carbons (Fsp3) is 0.600. The van der Waals surface area contributed by atoms with Gasteiger partial charge in [-0.25, -0.2) is 0 Å². The van der Waals surface area contributed by atoms with E-state index in [1.165, 1.54) is 4.90 Å². The topological polar surface area (TPSA) is 83.1 Å². The molecule has 8 heteroatoms. The van der Waals surface area contributed by atoms with Crippen LogP contribution in [0.3, 0.4) is 0 Å². The van der Waals surface area contributed by atoms with Gasteiger partial charge in [-0.05, 0) is 6.42 Å². The molecule has 0 spiro atoms. The summed E-state index contributed by atoms with van der Waals surface area (Å²) in [5.41, 5.74) is 0.888. The highest BCUT2D eigenvalue weighted by molar-refractivity contribution is 7.86. The van der Waals surface area contributed by atoms with Crippen LogP contribution in [0.4, 0.5) is 9.70 Å². The number of aryl methyl sites for hydroxylation is 1. The summed E-state index contributed by atoms with van der Waals surface area (Å²) in [5.74, 6) is -0.872. The van der Waals surface area contributed by atoms with Gasteiger partial charge in [-0.1, -0.05) is 6.92 Å². The summed E-state index contributed by atoms with van der Waals surface area (Å²) in [7, 11) is -4.54. The van der Waals surface area contributed by atoms with Gasteiger partial charge in [0.25, 0.3) is 0 Å². The first-order valence-electron chi connectivity index (χ1n) is 5.66. The van der Waals surface area contributed by atoms with Crippen LogP contribution in [0.2, 0.25) is 0 Å². The van der Waals surface area contributed by atoms with Crippen molar-refractivity contribution in [1.82, 2.24) is 10.2 Å². The minimum Gasteiger partial charge on any atom is -0.295 e. The van der Waals surface area contributed by atoms with Gasteiger partial charge in [-0.3, -0.25) is 14.8 Å². The van der Waals surface area contributed by atoms with Gasteiger partial charge in [0.05, 0.1) is 5.75 Å². The van der Waals surface area contributed by atoms with E-state index in [0.29, 0.717) is 5.82 Å². The van der Waals surface area contributed by atoms with E-state index in [4.69, 9.17) is 0 Å². The molecule has 1 fully saturated rings. The van der Waals surface area contributed by atoms with Crippen molar-refractivity contribution in [1.29, 1.82) is 0 Å². The average Bonchev–Trinajstić information content (AvgIpc) is 2.82. The number of amides is 1. The number of anilines is 1. The molecule has 100 valence electrons. The van der Waals surface area contributed by atoms with E-state index in [2.05, 4.69) is 10.2 Å². The number of hydrogen-bond donors (Lipinski definition) is 1. The molecule has 1 aromatic rings. The van der Waals surface area contributed by atoms with Crippen LogP contribution in [0.15, 0.2) is 6.07 Å². The highest BCUT2D eigenvalue weighted by atomic mass is 32.3. The maximum Gasteiger partial charge on any atom is 0.302 e. The van der Waals surface area contributed by atoms with Crippen molar-refractivity contribution in [3.63, 3.8) is 0 Å². The van der Waals surface area contributed by atoms with Crippen molar-refractivity contribution in [3.05, 3.63) is 11.8 Å². The van der Waals surface area contributed by atoms with Crippen molar-refractivity contribution in [2.75, 3.05) is 17.2 Å². The predicted octanol–water partition coefficient (Wildman–Crippen LogP) is 0.624. The van der Waals surface area contributed by atoms with Crippen LogP contribution in [0.5, 0.6) is 0 Å². The van der Waals surface area contributed by atoms with Gasteiger partial charge >= 0.3 is 10.2 Å². The molecule has 1 unspecified atom stereocenters. The summed E-state index contributed by atoms with van der Waals surface area (Å²) in [6.45, 7) is 2.14. The molecule has 1 aromatic heterocycles. The summed E-state index contributed by atoms with van der Waals surface area (Å²) < 4.78 is 33.7. The number of hydrogen-bond acceptors (Lipinski definition) is 4. The molecule has 0 radical (unpaired) electrons. The quantitative estimate of drug-likeness (QED) is 0.817. The fourth-order valence-electron chi connectivity index (χ4n) is 2.07. The maximum absolute atomic E-state index is 12.6. The Hall–Kier alpha value is -1.44. The van der Waals surface area contributed by atoms with Crippen LogP contribution < -0.4 is 4.90 Å². The van der Waals surface area contributed by atoms with Crippen LogP contribution in [0.25, 0.3) is 0 Å². The largest absolute Gasteiger partial charge is 0.302 e. The van der Waals surface area contributed by atoms with Crippen LogP contribution in [0.1, 0.15) is 19.0 Å². The third-order valence-corrected chi connectivity index (χ3v) is 3.78. The van der Waals surface area contributed by atoms with E-state index in [-0.39, 0.29) is 18.9 Å². The van der Waals surface area contributed by atoms with Gasteiger partial charge in [0.15, 0.2) is 5.82 Å². The van der Waals surface area contributed by atoms with E-state index in [1.807, 2.05) is 6.92 Å². The zero-order valence-electron chi connectivity index (χ0n) is 9.89. The number of H-pyrrole nitrogens is 1. The second-order valence-electron chi connectivity index (χ2n) is 4.38. The Bertz CT molecular complexity index is 554. The van der Waals surface area contributed by atoms with E-state index in [1.54, 1.807) is 6.07 Å². The molecule has 1 aliphatic rings. The molecule has 2 rings (SSSR count). The summed E-state index contributed by atoms with van der Waals surface area (Å²) >= 11 is 0. The number of aromatic amines is 1. The van der Waals surface area contributed by atoms with Crippen molar-refractivity contribution < 1.29 is 17.1 Å². The lowest BCUT2D eigenvalue weighted by atomic mass is 10.1. The Morgan fingerprint density at radius 1 is 1.61 bits per heavy atom. The molecule has 0 bridgehead atoms. The minimum atomic E-state index is -4.54. The zero-order valence-corrected chi connectivity index (χ0v) is 10.7. The normalized spacial score (nSPS) is 20.7. The third-order valence-electron chi connectivity index (χ3n) is 2.91. The summed E-state index contributed by atoms with van der Waals surface area (Å²) in [6.07, 6.45) is 0.800. The molecule has 1 aliphatic heterocycles. The summed E-state index contributed by atoms with van der Waals surface area (Å²) in [5, 5.41) is 6.77. The molecule has 1 atom stereocenters. The number of carbonyl (C=O) groups is 1. The van der Waals surface area contributed by atoms with Crippen LogP contribution >= 0.6 is 0 Å². The molecular weight excluding hydrogens is 261 g/mol. The van der Waals surface area contributed by atoms with E-state index in [0.717, 1.165) is 12.1 Å². The Balaban J connectivity index is 2.09. The first-order valence-corrected chi connectivity index (χ1v) is 7.21. The lowest BCUT2D eigenvalue weighted by molar-refractivity contribution is -0.117. The fourth-order valence-corrected chi connectivity index (χ4v) is 2.85. The lowest BCUT2D eigenvalue weighted by Gasteiger charge is -2.12. The van der Waals surface area contributed by atoms with Gasteiger partial charge < -0.3 is 0 Å². The molecule has 18 heavy (non-hydrogen) atoms. The van der Waals surface area contributed by atoms with Gasteiger partial charge in [0.1, 0.15) is 0 Å². The van der Waals surface area contributed by atoms with Crippen molar-refractivity contribution in [2.45, 2.75) is 19.8 Å². The first-order chi connectivity index (χ1) is 8.39. The van der Waals surface area contributed by atoms with E-state index in [9.17, 15) is 17.1 Å². The Morgan fingerprint density at radius 3 is 2.89 bits per heavy atom. The molecule has 1 amide bonds. The number of nitrogens with zero attached hydrogens (tertiary/aromatic N) is 2. The molecule has 0 aromatic carbocycles. The average molecular weight is 275 g/mol. The standard InChI is InChI=1S/C10H14FN3O3S/c1-2-8-4-9(13-12-8)14-5-7(3-10(14)15)6-18(11,16)17/h4,7H,2-3,5-6H2,1H3,(H,12,13). The van der Waals surface area contributed by atoms with Crippen LogP contribution in [0, 0.1) is 5.92 Å². The minimum absolute atomic E-state index is 0.0392. The lowest BCUT2D eigenvalue weighted by Crippen LogP contribution is -2.25. The molecule has 6 nitrogen and oxygen atoms in total. The monoisotopic (exact) mass is 275 g/mol. The molecule has 2 heterocycles. The van der Waals surface area contributed by atoms with Gasteiger partial charge in [-0.2, -0.15) is 13.5 Å². The molecule has 0 aliphatic carbocycles. The second kappa shape index (κ2) is 4.68. The van der Waals surface area contributed by atoms with Crippen molar-refractivity contribution >= 4 is 21.9 Å². The molecule has 1 N–H and O–H groups in total. The SMILES string of the molecule is CCc1cc(N2CC(CS(=O)(=O)F)CC2=O)n[nH]1. The summed E-state index contributed by atoms with van der Waals surface area (Å²) in [4.78, 5) is 13.1. The number of halogens is 1. The highest BCUT2D eigenvalue weighted by Crippen LogP contribution is 2.25. The van der Waals surface area contributed by atoms with E-state index >= 15 is 0 Å². The first kappa shape index (κ1) is 13.0. The smallest absolute Gasteiger partial charge is 0.295 e. The van der Waals surface area contributed by atoms with Crippen LogP contribution in [-0.4, -0.2) is 36.8 Å². The summed E-state index contributed by atoms with van der Waals surface area (Å²) in [6, 6.07) is 1.74.